The van der Waals surface area contributed by atoms with Gasteiger partial charge in [0.1, 0.15) is 11.3 Å². The summed E-state index contributed by atoms with van der Waals surface area (Å²) in [6.07, 6.45) is 6.44. The van der Waals surface area contributed by atoms with E-state index in [9.17, 15) is 18.8 Å². The molecule has 0 fully saturated rings. The van der Waals surface area contributed by atoms with Gasteiger partial charge in [0.05, 0.1) is 18.1 Å². The first-order chi connectivity index (χ1) is 21.3. The molecule has 220 valence electrons. The van der Waals surface area contributed by atoms with Crippen LogP contribution >= 0.6 is 0 Å². The molecule has 0 radical (unpaired) electrons. The molecular weight excluding hydrogens is 576 g/mol. The number of ether oxygens (including phenoxy) is 2. The SMILES string of the molecule is CCn1cc(OC(=O)Nc2ccc(Oc3cc(-c4ncccn4)cn4nccc34)c(F)c2)c(=O)n(-c2ccc(F)cc2)c1=O. The van der Waals surface area contributed by atoms with E-state index in [4.69, 9.17) is 9.47 Å². The maximum atomic E-state index is 15.2. The fraction of sp³-hybridized carbons (Fsp3) is 0.0667. The number of halogens is 2. The van der Waals surface area contributed by atoms with Gasteiger partial charge < -0.3 is 9.47 Å². The molecule has 6 rings (SSSR count). The summed E-state index contributed by atoms with van der Waals surface area (Å²) >= 11 is 0. The Labute approximate surface area is 246 Å². The van der Waals surface area contributed by atoms with Crippen LogP contribution in [0, 0.1) is 11.6 Å². The number of nitrogens with one attached hydrogen (secondary N) is 1. The van der Waals surface area contributed by atoms with Gasteiger partial charge in [-0.15, -0.1) is 0 Å². The van der Waals surface area contributed by atoms with Crippen LogP contribution in [-0.2, 0) is 6.54 Å². The van der Waals surface area contributed by atoms with Gasteiger partial charge in [-0.3, -0.25) is 14.7 Å². The first kappa shape index (κ1) is 28.0. The Morgan fingerprint density at radius 3 is 2.41 bits per heavy atom. The first-order valence-corrected chi connectivity index (χ1v) is 13.1. The minimum Gasteiger partial charge on any atom is -0.452 e. The van der Waals surface area contributed by atoms with Gasteiger partial charge >= 0.3 is 17.3 Å². The summed E-state index contributed by atoms with van der Waals surface area (Å²) in [5.74, 6) is -1.27. The predicted octanol–water partition coefficient (Wildman–Crippen LogP) is 4.81. The molecule has 6 aromatic rings. The highest BCUT2D eigenvalue weighted by molar-refractivity contribution is 5.86. The summed E-state index contributed by atoms with van der Waals surface area (Å²) in [4.78, 5) is 47.0. The molecule has 0 spiro atoms. The fourth-order valence-corrected chi connectivity index (χ4v) is 4.36. The molecule has 1 N–H and O–H groups in total. The van der Waals surface area contributed by atoms with E-state index in [0.29, 0.717) is 16.9 Å². The second-order valence-electron chi connectivity index (χ2n) is 9.27. The number of aromatic nitrogens is 6. The molecule has 4 aromatic heterocycles. The van der Waals surface area contributed by atoms with Crippen LogP contribution in [0.3, 0.4) is 0 Å². The molecule has 14 heteroatoms. The minimum absolute atomic E-state index is 0.00320. The van der Waals surface area contributed by atoms with E-state index in [1.165, 1.54) is 24.3 Å². The van der Waals surface area contributed by atoms with Crippen LogP contribution in [0.1, 0.15) is 6.92 Å². The molecule has 4 heterocycles. The minimum atomic E-state index is -1.11. The maximum Gasteiger partial charge on any atom is 0.417 e. The Balaban J connectivity index is 1.23. The Bertz CT molecular complexity index is 2130. The van der Waals surface area contributed by atoms with Crippen molar-refractivity contribution in [1.82, 2.24) is 28.7 Å². The molecular formula is C30H21F2N7O5. The summed E-state index contributed by atoms with van der Waals surface area (Å²) in [6, 6.07) is 13.4. The van der Waals surface area contributed by atoms with Gasteiger partial charge in [-0.05, 0) is 61.5 Å². The molecule has 2 aromatic carbocycles. The zero-order chi connectivity index (χ0) is 30.8. The lowest BCUT2D eigenvalue weighted by molar-refractivity contribution is 0.213. The third-order valence-corrected chi connectivity index (χ3v) is 6.44. The van der Waals surface area contributed by atoms with Crippen LogP contribution in [0.4, 0.5) is 19.3 Å². The number of pyridine rings is 1. The van der Waals surface area contributed by atoms with E-state index >= 15 is 4.39 Å². The van der Waals surface area contributed by atoms with Gasteiger partial charge in [0.25, 0.3) is 0 Å². The van der Waals surface area contributed by atoms with Crippen molar-refractivity contribution in [3.05, 3.63) is 124 Å². The second kappa shape index (κ2) is 11.6. The number of hydrogen-bond donors (Lipinski definition) is 1. The number of aryl methyl sites for hydroxylation is 1. The third kappa shape index (κ3) is 5.51. The normalized spacial score (nSPS) is 11.0. The van der Waals surface area contributed by atoms with Crippen molar-refractivity contribution in [3.63, 3.8) is 0 Å². The number of amides is 1. The zero-order valence-corrected chi connectivity index (χ0v) is 22.8. The second-order valence-corrected chi connectivity index (χ2v) is 9.27. The molecule has 0 bridgehead atoms. The predicted molar refractivity (Wildman–Crippen MR) is 154 cm³/mol. The van der Waals surface area contributed by atoms with E-state index in [1.807, 2.05) is 0 Å². The smallest absolute Gasteiger partial charge is 0.417 e. The van der Waals surface area contributed by atoms with Crippen molar-refractivity contribution >= 4 is 17.3 Å². The number of carbonyl (C=O) groups excluding carboxylic acids is 1. The van der Waals surface area contributed by atoms with Gasteiger partial charge in [0.2, 0.25) is 5.75 Å². The van der Waals surface area contributed by atoms with Gasteiger partial charge in [-0.25, -0.2) is 37.4 Å². The standard InChI is InChI=1S/C30H21F2N7O5/c1-2-37-17-26(28(40)39(30(37)42)21-7-4-19(31)5-8-21)44-29(41)36-20-6-9-24(22(32)15-20)43-25-14-18(27-33-11-3-12-34-27)16-38-23(25)10-13-35-38/h3-17H,2H2,1H3,(H,36,41). The highest BCUT2D eigenvalue weighted by Gasteiger charge is 2.18. The van der Waals surface area contributed by atoms with E-state index in [1.54, 1.807) is 54.4 Å². The molecule has 0 aliphatic carbocycles. The lowest BCUT2D eigenvalue weighted by atomic mass is 10.2. The number of nitrogens with zero attached hydrogens (tertiary/aromatic N) is 6. The first-order valence-electron chi connectivity index (χ1n) is 13.1. The lowest BCUT2D eigenvalue weighted by Crippen LogP contribution is -2.39. The number of fused-ring (bicyclic) bond motifs is 1. The summed E-state index contributed by atoms with van der Waals surface area (Å²) in [5.41, 5.74) is -0.401. The lowest BCUT2D eigenvalue weighted by Gasteiger charge is -2.13. The molecule has 1 amide bonds. The van der Waals surface area contributed by atoms with Crippen LogP contribution in [-0.4, -0.2) is 34.8 Å². The molecule has 0 saturated carbocycles. The number of hydrogen-bond acceptors (Lipinski definition) is 8. The van der Waals surface area contributed by atoms with Gasteiger partial charge in [0, 0.05) is 42.5 Å². The zero-order valence-electron chi connectivity index (χ0n) is 22.8. The van der Waals surface area contributed by atoms with E-state index in [0.717, 1.165) is 33.5 Å². The largest absolute Gasteiger partial charge is 0.452 e. The summed E-state index contributed by atoms with van der Waals surface area (Å²) in [6.45, 7) is 1.80. The summed E-state index contributed by atoms with van der Waals surface area (Å²) in [7, 11) is 0. The van der Waals surface area contributed by atoms with Crippen LogP contribution in [0.15, 0.2) is 101 Å². The molecule has 44 heavy (non-hydrogen) atoms. The van der Waals surface area contributed by atoms with Crippen molar-refractivity contribution < 1.29 is 23.0 Å². The molecule has 12 nitrogen and oxygen atoms in total. The van der Waals surface area contributed by atoms with Crippen molar-refractivity contribution in [1.29, 1.82) is 0 Å². The van der Waals surface area contributed by atoms with E-state index < -0.39 is 34.7 Å². The fourth-order valence-electron chi connectivity index (χ4n) is 4.36. The Morgan fingerprint density at radius 2 is 1.68 bits per heavy atom. The monoisotopic (exact) mass is 597 g/mol. The average Bonchev–Trinajstić information content (AvgIpc) is 3.50. The van der Waals surface area contributed by atoms with Gasteiger partial charge in [-0.2, -0.15) is 5.10 Å². The van der Waals surface area contributed by atoms with Crippen molar-refractivity contribution in [2.75, 3.05) is 5.32 Å². The van der Waals surface area contributed by atoms with Crippen LogP contribution < -0.4 is 26.0 Å². The molecule has 0 aliphatic rings. The average molecular weight is 598 g/mol. The van der Waals surface area contributed by atoms with Crippen molar-refractivity contribution in [3.8, 4) is 34.3 Å². The third-order valence-electron chi connectivity index (χ3n) is 6.44. The maximum absolute atomic E-state index is 15.2. The molecule has 0 atom stereocenters. The van der Waals surface area contributed by atoms with Crippen LogP contribution in [0.2, 0.25) is 0 Å². The van der Waals surface area contributed by atoms with Crippen molar-refractivity contribution in [2.45, 2.75) is 13.5 Å². The number of anilines is 1. The van der Waals surface area contributed by atoms with E-state index in [2.05, 4.69) is 20.4 Å². The molecule has 0 saturated heterocycles. The number of benzene rings is 2. The Kier molecular flexibility index (Phi) is 7.37. The van der Waals surface area contributed by atoms with Crippen molar-refractivity contribution in [2.24, 2.45) is 0 Å². The molecule has 0 aliphatic heterocycles. The number of rotatable bonds is 7. The molecule has 0 unspecified atom stereocenters. The Hall–Kier alpha value is -6.18. The highest BCUT2D eigenvalue weighted by atomic mass is 19.1. The topological polar surface area (TPSA) is 135 Å². The summed E-state index contributed by atoms with van der Waals surface area (Å²) in [5, 5.41) is 6.58. The van der Waals surface area contributed by atoms with Gasteiger partial charge in [-0.1, -0.05) is 0 Å². The Morgan fingerprint density at radius 1 is 0.909 bits per heavy atom. The highest BCUT2D eigenvalue weighted by Crippen LogP contribution is 2.32. The van der Waals surface area contributed by atoms with Crippen LogP contribution in [0.25, 0.3) is 22.6 Å². The quantitative estimate of drug-likeness (QED) is 0.277. The van der Waals surface area contributed by atoms with Gasteiger partial charge in [0.15, 0.2) is 23.1 Å². The van der Waals surface area contributed by atoms with Crippen LogP contribution in [0.5, 0.6) is 17.2 Å². The summed E-state index contributed by atoms with van der Waals surface area (Å²) < 4.78 is 43.1. The number of carbonyl (C=O) groups is 1. The van der Waals surface area contributed by atoms with E-state index in [-0.39, 0.29) is 29.4 Å².